The van der Waals surface area contributed by atoms with Crippen LogP contribution in [0.25, 0.3) is 10.8 Å². The van der Waals surface area contributed by atoms with Gasteiger partial charge in [0.1, 0.15) is 5.75 Å². The molecule has 1 aliphatic carbocycles. The number of aryl methyl sites for hydroxylation is 1. The first-order valence-electron chi connectivity index (χ1n) is 9.12. The van der Waals surface area contributed by atoms with E-state index in [1.165, 1.54) is 0 Å². The van der Waals surface area contributed by atoms with Crippen LogP contribution in [0.5, 0.6) is 5.75 Å². The van der Waals surface area contributed by atoms with Crippen molar-refractivity contribution in [2.45, 2.75) is 64.5 Å². The molecule has 0 saturated heterocycles. The van der Waals surface area contributed by atoms with E-state index in [1.807, 2.05) is 25.1 Å². The van der Waals surface area contributed by atoms with E-state index in [0.717, 1.165) is 60.6 Å². The highest BCUT2D eigenvalue weighted by Gasteiger charge is 2.26. The van der Waals surface area contributed by atoms with E-state index in [4.69, 9.17) is 10.5 Å². The number of hydrogen-bond acceptors (Lipinski definition) is 3. The summed E-state index contributed by atoms with van der Waals surface area (Å²) in [5.74, 6) is 1.54. The molecule has 1 unspecified atom stereocenters. The molecule has 3 rings (SSSR count). The Balaban J connectivity index is 1.68. The van der Waals surface area contributed by atoms with Gasteiger partial charge in [-0.3, -0.25) is 4.79 Å². The Bertz CT molecular complexity index is 745. The Kier molecular flexibility index (Phi) is 5.24. The number of hydrogen-bond donors (Lipinski definition) is 2. The molecule has 1 fully saturated rings. The summed E-state index contributed by atoms with van der Waals surface area (Å²) in [5.41, 5.74) is 7.25. The van der Waals surface area contributed by atoms with Crippen molar-refractivity contribution in [2.75, 3.05) is 0 Å². The van der Waals surface area contributed by atoms with E-state index in [0.29, 0.717) is 12.0 Å². The third kappa shape index (κ3) is 3.64. The number of ether oxygens (including phenoxy) is 1. The summed E-state index contributed by atoms with van der Waals surface area (Å²) < 4.78 is 6.27. The van der Waals surface area contributed by atoms with E-state index >= 15 is 0 Å². The normalized spacial score (nSPS) is 22.5. The van der Waals surface area contributed by atoms with Gasteiger partial charge in [0, 0.05) is 17.6 Å². The molecule has 1 heterocycles. The zero-order valence-electron chi connectivity index (χ0n) is 14.7. The van der Waals surface area contributed by atoms with Crippen molar-refractivity contribution in [1.29, 1.82) is 0 Å². The second-order valence-corrected chi connectivity index (χ2v) is 7.12. The predicted molar refractivity (Wildman–Crippen MR) is 98.6 cm³/mol. The molecule has 1 atom stereocenters. The second kappa shape index (κ2) is 7.39. The third-order valence-corrected chi connectivity index (χ3v) is 5.31. The third-order valence-electron chi connectivity index (χ3n) is 5.31. The zero-order chi connectivity index (χ0) is 17.1. The van der Waals surface area contributed by atoms with Crippen LogP contribution in [0.2, 0.25) is 0 Å². The van der Waals surface area contributed by atoms with Gasteiger partial charge in [-0.15, -0.1) is 0 Å². The summed E-state index contributed by atoms with van der Waals surface area (Å²) in [6.07, 6.45) is 8.65. The van der Waals surface area contributed by atoms with Gasteiger partial charge in [-0.05, 0) is 74.1 Å². The smallest absolute Gasteiger partial charge is 0.255 e. The molecule has 1 aliphatic rings. The van der Waals surface area contributed by atoms with Gasteiger partial charge in [0.2, 0.25) is 0 Å². The molecule has 3 N–H and O–H groups in total. The number of rotatable bonds is 5. The molecular formula is C20H28N2O2. The number of aromatic nitrogens is 1. The monoisotopic (exact) mass is 328 g/mol. The van der Waals surface area contributed by atoms with Gasteiger partial charge < -0.3 is 15.5 Å². The first-order valence-corrected chi connectivity index (χ1v) is 9.12. The highest BCUT2D eigenvalue weighted by atomic mass is 16.5. The topological polar surface area (TPSA) is 68.1 Å². The van der Waals surface area contributed by atoms with Crippen molar-refractivity contribution in [3.8, 4) is 5.75 Å². The minimum absolute atomic E-state index is 0.0485. The number of nitrogens with one attached hydrogen (secondary N) is 1. The highest BCUT2D eigenvalue weighted by molar-refractivity contribution is 5.83. The largest absolute Gasteiger partial charge is 0.490 e. The Labute approximate surface area is 143 Å². The molecule has 0 spiro atoms. The summed E-state index contributed by atoms with van der Waals surface area (Å²) in [6.45, 7) is 4.20. The minimum atomic E-state index is -0.0485. The number of nitrogens with two attached hydrogens (primary N) is 1. The van der Waals surface area contributed by atoms with Gasteiger partial charge in [0.15, 0.2) is 0 Å². The summed E-state index contributed by atoms with van der Waals surface area (Å²) in [4.78, 5) is 14.6. The van der Waals surface area contributed by atoms with Crippen molar-refractivity contribution >= 4 is 10.8 Å². The summed E-state index contributed by atoms with van der Waals surface area (Å²) in [6, 6.07) is 6.18. The van der Waals surface area contributed by atoms with Crippen molar-refractivity contribution in [2.24, 2.45) is 11.7 Å². The van der Waals surface area contributed by atoms with Crippen molar-refractivity contribution in [1.82, 2.24) is 4.98 Å². The Morgan fingerprint density at radius 2 is 2.04 bits per heavy atom. The lowest BCUT2D eigenvalue weighted by molar-refractivity contribution is 0.121. The Morgan fingerprint density at radius 1 is 1.29 bits per heavy atom. The number of pyridine rings is 1. The molecule has 0 bridgehead atoms. The van der Waals surface area contributed by atoms with Gasteiger partial charge >= 0.3 is 0 Å². The molecule has 1 aromatic heterocycles. The van der Waals surface area contributed by atoms with Crippen LogP contribution >= 0.6 is 0 Å². The lowest BCUT2D eigenvalue weighted by atomic mass is 9.81. The molecular weight excluding hydrogens is 300 g/mol. The van der Waals surface area contributed by atoms with Crippen LogP contribution in [0.4, 0.5) is 0 Å². The van der Waals surface area contributed by atoms with E-state index in [9.17, 15) is 4.79 Å². The first-order chi connectivity index (χ1) is 11.6. The maximum absolute atomic E-state index is 11.9. The molecule has 1 aromatic carbocycles. The fourth-order valence-electron chi connectivity index (χ4n) is 3.83. The predicted octanol–water partition coefficient (Wildman–Crippen LogP) is 3.90. The summed E-state index contributed by atoms with van der Waals surface area (Å²) in [7, 11) is 0. The SMILES string of the molecule is CCCC(N)C1CCC(Oc2cc3cc[nH]c(=O)c3cc2C)CC1. The van der Waals surface area contributed by atoms with Crippen molar-refractivity contribution in [3.63, 3.8) is 0 Å². The van der Waals surface area contributed by atoms with Crippen LogP contribution in [-0.2, 0) is 0 Å². The van der Waals surface area contributed by atoms with Crippen LogP contribution in [0.15, 0.2) is 29.2 Å². The number of aromatic amines is 1. The average Bonchev–Trinajstić information content (AvgIpc) is 2.57. The molecule has 4 nitrogen and oxygen atoms in total. The Morgan fingerprint density at radius 3 is 2.75 bits per heavy atom. The van der Waals surface area contributed by atoms with Crippen LogP contribution in [0.3, 0.4) is 0 Å². The molecule has 1 saturated carbocycles. The lowest BCUT2D eigenvalue weighted by Gasteiger charge is -2.32. The summed E-state index contributed by atoms with van der Waals surface area (Å²) in [5, 5.41) is 1.65. The van der Waals surface area contributed by atoms with Crippen molar-refractivity contribution < 1.29 is 4.74 Å². The van der Waals surface area contributed by atoms with E-state index in [-0.39, 0.29) is 11.7 Å². The minimum Gasteiger partial charge on any atom is -0.490 e. The maximum Gasteiger partial charge on any atom is 0.255 e. The summed E-state index contributed by atoms with van der Waals surface area (Å²) >= 11 is 0. The lowest BCUT2D eigenvalue weighted by Crippen LogP contribution is -2.35. The molecule has 130 valence electrons. The first kappa shape index (κ1) is 17.0. The quantitative estimate of drug-likeness (QED) is 0.874. The number of benzene rings is 1. The van der Waals surface area contributed by atoms with Crippen LogP contribution in [-0.4, -0.2) is 17.1 Å². The molecule has 4 heteroatoms. The fourth-order valence-corrected chi connectivity index (χ4v) is 3.83. The van der Waals surface area contributed by atoms with Gasteiger partial charge in [-0.25, -0.2) is 0 Å². The standard InChI is InChI=1S/C20H28N2O2/c1-3-4-18(21)14-5-7-16(8-6-14)24-19-12-15-9-10-22-20(23)17(15)11-13(19)2/h9-12,14,16,18H,3-8,21H2,1-2H3,(H,22,23). The highest BCUT2D eigenvalue weighted by Crippen LogP contribution is 2.32. The van der Waals surface area contributed by atoms with Crippen LogP contribution in [0.1, 0.15) is 51.0 Å². The molecule has 2 aromatic rings. The van der Waals surface area contributed by atoms with Crippen molar-refractivity contribution in [3.05, 3.63) is 40.3 Å². The number of H-pyrrole nitrogens is 1. The molecule has 0 radical (unpaired) electrons. The second-order valence-electron chi connectivity index (χ2n) is 7.12. The van der Waals surface area contributed by atoms with E-state index in [1.54, 1.807) is 6.20 Å². The Hall–Kier alpha value is -1.81. The zero-order valence-corrected chi connectivity index (χ0v) is 14.7. The molecule has 0 aliphatic heterocycles. The van der Waals surface area contributed by atoms with Gasteiger partial charge in [-0.2, -0.15) is 0 Å². The van der Waals surface area contributed by atoms with Gasteiger partial charge in [0.25, 0.3) is 5.56 Å². The van der Waals surface area contributed by atoms with Gasteiger partial charge in [-0.1, -0.05) is 13.3 Å². The van der Waals surface area contributed by atoms with E-state index < -0.39 is 0 Å². The number of fused-ring (bicyclic) bond motifs is 1. The van der Waals surface area contributed by atoms with E-state index in [2.05, 4.69) is 11.9 Å². The van der Waals surface area contributed by atoms with Crippen LogP contribution < -0.4 is 16.0 Å². The molecule has 24 heavy (non-hydrogen) atoms. The maximum atomic E-state index is 11.9. The average molecular weight is 328 g/mol. The van der Waals surface area contributed by atoms with Gasteiger partial charge in [0.05, 0.1) is 6.10 Å². The molecule has 0 amide bonds. The fraction of sp³-hybridized carbons (Fsp3) is 0.550. The van der Waals surface area contributed by atoms with Crippen LogP contribution in [0, 0.1) is 12.8 Å².